The lowest BCUT2D eigenvalue weighted by Gasteiger charge is -2.13. The summed E-state index contributed by atoms with van der Waals surface area (Å²) >= 11 is 2.23. The van der Waals surface area contributed by atoms with Crippen molar-refractivity contribution in [3.63, 3.8) is 0 Å². The first-order valence-electron chi connectivity index (χ1n) is 7.40. The number of benzene rings is 1. The molecule has 1 rings (SSSR count). The molecule has 1 amide bonds. The zero-order valence-electron chi connectivity index (χ0n) is 13.0. The molecule has 0 bridgehead atoms. The topological polar surface area (TPSA) is 67.8 Å². The monoisotopic (exact) mass is 421 g/mol. The lowest BCUT2D eigenvalue weighted by molar-refractivity contribution is -0.140. The Hall–Kier alpha value is -0.700. The number of aliphatic hydroxyl groups is 1. The van der Waals surface area contributed by atoms with Crippen LogP contribution in [-0.4, -0.2) is 30.8 Å². The van der Waals surface area contributed by atoms with E-state index in [1.54, 1.807) is 7.11 Å². The molecule has 22 heavy (non-hydrogen) atoms. The minimum absolute atomic E-state index is 0.147. The van der Waals surface area contributed by atoms with Gasteiger partial charge in [0.15, 0.2) is 0 Å². The first-order valence-corrected chi connectivity index (χ1v) is 8.47. The molecule has 0 saturated carbocycles. The number of nitrogens with one attached hydrogen (secondary N) is 1. The van der Waals surface area contributed by atoms with Gasteiger partial charge in [0.2, 0.25) is 5.91 Å². The Balaban J connectivity index is 2.14. The molecule has 1 aromatic carbocycles. The summed E-state index contributed by atoms with van der Waals surface area (Å²) in [5, 5.41) is 10.1. The maximum atomic E-state index is 11.6. The van der Waals surface area contributed by atoms with Gasteiger partial charge in [-0.25, -0.2) is 5.48 Å². The number of halogens is 1. The van der Waals surface area contributed by atoms with Crippen molar-refractivity contribution in [2.24, 2.45) is 0 Å². The summed E-state index contributed by atoms with van der Waals surface area (Å²) in [5.41, 5.74) is 3.33. The zero-order chi connectivity index (χ0) is 16.4. The van der Waals surface area contributed by atoms with Crippen LogP contribution >= 0.6 is 22.6 Å². The summed E-state index contributed by atoms with van der Waals surface area (Å²) < 4.78 is 6.05. The molecule has 1 aromatic rings. The van der Waals surface area contributed by atoms with Gasteiger partial charge >= 0.3 is 0 Å². The standard InChI is InChI=1S/C16H24INO4/c1-12(11-21-2)22-18-16(20)6-4-3-5-15(19)13-7-9-14(17)10-8-13/h7-10,12,15,19H,3-6,11H2,1-2H3,(H,18,20). The molecule has 2 unspecified atom stereocenters. The number of aliphatic hydroxyl groups excluding tert-OH is 1. The van der Waals surface area contributed by atoms with Gasteiger partial charge < -0.3 is 9.84 Å². The maximum Gasteiger partial charge on any atom is 0.243 e. The van der Waals surface area contributed by atoms with Crippen LogP contribution in [0.2, 0.25) is 0 Å². The molecule has 0 aliphatic rings. The van der Waals surface area contributed by atoms with Crippen molar-refractivity contribution in [2.45, 2.75) is 44.8 Å². The fourth-order valence-electron chi connectivity index (χ4n) is 1.96. The number of hydrogen-bond acceptors (Lipinski definition) is 4. The Morgan fingerprint density at radius 2 is 2.00 bits per heavy atom. The van der Waals surface area contributed by atoms with Crippen molar-refractivity contribution in [1.82, 2.24) is 5.48 Å². The summed E-state index contributed by atoms with van der Waals surface area (Å²) in [6.07, 6.45) is 1.90. The van der Waals surface area contributed by atoms with E-state index < -0.39 is 6.10 Å². The molecule has 0 aliphatic carbocycles. The normalized spacial score (nSPS) is 13.6. The predicted molar refractivity (Wildman–Crippen MR) is 93.2 cm³/mol. The molecule has 2 N–H and O–H groups in total. The van der Waals surface area contributed by atoms with Gasteiger partial charge in [0.1, 0.15) is 6.10 Å². The predicted octanol–water partition coefficient (Wildman–Crippen LogP) is 2.97. The maximum absolute atomic E-state index is 11.6. The molecule has 0 aliphatic heterocycles. The second-order valence-corrected chi connectivity index (χ2v) is 6.47. The third kappa shape index (κ3) is 8.07. The van der Waals surface area contributed by atoms with E-state index in [2.05, 4.69) is 28.1 Å². The Morgan fingerprint density at radius 1 is 1.32 bits per heavy atom. The van der Waals surface area contributed by atoms with Crippen LogP contribution in [-0.2, 0) is 14.4 Å². The summed E-state index contributed by atoms with van der Waals surface area (Å²) in [6, 6.07) is 7.82. The van der Waals surface area contributed by atoms with E-state index in [4.69, 9.17) is 9.57 Å². The van der Waals surface area contributed by atoms with Gasteiger partial charge in [-0.1, -0.05) is 18.6 Å². The van der Waals surface area contributed by atoms with E-state index in [1.165, 1.54) is 0 Å². The number of hydrogen-bond donors (Lipinski definition) is 2. The Bertz CT molecular complexity index is 438. The van der Waals surface area contributed by atoms with Gasteiger partial charge in [-0.05, 0) is 60.1 Å². The minimum Gasteiger partial charge on any atom is -0.388 e. The second-order valence-electron chi connectivity index (χ2n) is 5.22. The van der Waals surface area contributed by atoms with Crippen molar-refractivity contribution in [3.8, 4) is 0 Å². The Morgan fingerprint density at radius 3 is 2.64 bits per heavy atom. The lowest BCUT2D eigenvalue weighted by atomic mass is 10.0. The molecule has 6 heteroatoms. The van der Waals surface area contributed by atoms with Crippen molar-refractivity contribution in [3.05, 3.63) is 33.4 Å². The first-order chi connectivity index (χ1) is 10.5. The third-order valence-corrected chi connectivity index (χ3v) is 3.88. The van der Waals surface area contributed by atoms with Crippen molar-refractivity contribution < 1.29 is 19.5 Å². The van der Waals surface area contributed by atoms with E-state index in [-0.39, 0.29) is 12.0 Å². The van der Waals surface area contributed by atoms with E-state index >= 15 is 0 Å². The molecule has 0 heterocycles. The number of carbonyl (C=O) groups excluding carboxylic acids is 1. The van der Waals surface area contributed by atoms with Crippen molar-refractivity contribution in [2.75, 3.05) is 13.7 Å². The van der Waals surface area contributed by atoms with Crippen LogP contribution < -0.4 is 5.48 Å². The smallest absolute Gasteiger partial charge is 0.243 e. The molecular formula is C16H24INO4. The van der Waals surface area contributed by atoms with Gasteiger partial charge in [-0.3, -0.25) is 9.63 Å². The highest BCUT2D eigenvalue weighted by atomic mass is 127. The highest BCUT2D eigenvalue weighted by molar-refractivity contribution is 14.1. The number of unbranched alkanes of at least 4 members (excludes halogenated alkanes) is 1. The van der Waals surface area contributed by atoms with Crippen LogP contribution in [0.5, 0.6) is 0 Å². The molecule has 0 spiro atoms. The summed E-state index contributed by atoms with van der Waals surface area (Å²) in [7, 11) is 1.58. The largest absolute Gasteiger partial charge is 0.388 e. The molecule has 0 saturated heterocycles. The number of rotatable bonds is 10. The molecule has 0 aromatic heterocycles. The number of carbonyl (C=O) groups is 1. The average Bonchev–Trinajstić information content (AvgIpc) is 2.50. The van der Waals surface area contributed by atoms with Gasteiger partial charge in [0.25, 0.3) is 0 Å². The summed E-state index contributed by atoms with van der Waals surface area (Å²) in [4.78, 5) is 16.7. The molecular weight excluding hydrogens is 397 g/mol. The molecule has 0 fully saturated rings. The van der Waals surface area contributed by atoms with Crippen LogP contribution in [0.1, 0.15) is 44.3 Å². The first kappa shape index (κ1) is 19.3. The highest BCUT2D eigenvalue weighted by Gasteiger charge is 2.09. The Labute approximate surface area is 145 Å². The highest BCUT2D eigenvalue weighted by Crippen LogP contribution is 2.20. The molecule has 2 atom stereocenters. The fraction of sp³-hybridized carbons (Fsp3) is 0.562. The number of hydroxylamine groups is 1. The zero-order valence-corrected chi connectivity index (χ0v) is 15.2. The number of ether oxygens (including phenoxy) is 1. The van der Waals surface area contributed by atoms with Gasteiger partial charge in [0.05, 0.1) is 12.7 Å². The van der Waals surface area contributed by atoms with E-state index in [0.29, 0.717) is 19.4 Å². The minimum atomic E-state index is -0.474. The summed E-state index contributed by atoms with van der Waals surface area (Å²) in [5.74, 6) is -0.147. The van der Waals surface area contributed by atoms with E-state index in [0.717, 1.165) is 22.0 Å². The fourth-order valence-corrected chi connectivity index (χ4v) is 2.32. The van der Waals surface area contributed by atoms with Gasteiger partial charge in [-0.2, -0.15) is 0 Å². The lowest BCUT2D eigenvalue weighted by Crippen LogP contribution is -2.30. The SMILES string of the molecule is COCC(C)ONC(=O)CCCCC(O)c1ccc(I)cc1. The third-order valence-electron chi connectivity index (χ3n) is 3.16. The van der Waals surface area contributed by atoms with Crippen LogP contribution in [0, 0.1) is 3.57 Å². The summed E-state index contributed by atoms with van der Waals surface area (Å²) in [6.45, 7) is 2.25. The quantitative estimate of drug-likeness (QED) is 0.346. The van der Waals surface area contributed by atoms with Gasteiger partial charge in [-0.15, -0.1) is 0 Å². The van der Waals surface area contributed by atoms with Crippen molar-refractivity contribution in [1.29, 1.82) is 0 Å². The van der Waals surface area contributed by atoms with Crippen LogP contribution in [0.4, 0.5) is 0 Å². The number of methoxy groups -OCH3 is 1. The van der Waals surface area contributed by atoms with E-state index in [1.807, 2.05) is 31.2 Å². The second kappa shape index (κ2) is 10.9. The van der Waals surface area contributed by atoms with Crippen LogP contribution in [0.25, 0.3) is 0 Å². The van der Waals surface area contributed by atoms with E-state index in [9.17, 15) is 9.90 Å². The van der Waals surface area contributed by atoms with Crippen molar-refractivity contribution >= 4 is 28.5 Å². The molecule has 0 radical (unpaired) electrons. The molecule has 124 valence electrons. The number of amides is 1. The average molecular weight is 421 g/mol. The van der Waals surface area contributed by atoms with Crippen LogP contribution in [0.15, 0.2) is 24.3 Å². The Kier molecular flexibility index (Phi) is 9.61. The molecule has 5 nitrogen and oxygen atoms in total. The van der Waals surface area contributed by atoms with Crippen LogP contribution in [0.3, 0.4) is 0 Å². The van der Waals surface area contributed by atoms with Gasteiger partial charge in [0, 0.05) is 17.1 Å².